The third kappa shape index (κ3) is 8.96. The molecule has 6 nitrogen and oxygen atoms in total. The summed E-state index contributed by atoms with van der Waals surface area (Å²) in [6.07, 6.45) is 2.14. The lowest BCUT2D eigenvalue weighted by Crippen LogP contribution is -2.78. The molecule has 13 heteroatoms. The standard InChI is InChI=1S/C21H46O6Si7/c1-28(2,3)22-34(23-29(4,5)6,20-19-21-17-15-14-16-18-21)33(13)26-31(9,10)24-30(7,8)25-32(11,12)27-33/h14-20H,1-13H3. The monoisotopic (exact) mass is 590 g/mol. The summed E-state index contributed by atoms with van der Waals surface area (Å²) in [7, 11) is -18.1. The van der Waals surface area contributed by atoms with E-state index in [-0.39, 0.29) is 0 Å². The highest BCUT2D eigenvalue weighted by atomic mass is 29.3. The molecule has 1 aromatic rings. The second kappa shape index (κ2) is 10.2. The van der Waals surface area contributed by atoms with Crippen molar-refractivity contribution in [3.63, 3.8) is 0 Å². The van der Waals surface area contributed by atoms with Crippen LogP contribution in [0, 0.1) is 0 Å². The van der Waals surface area contributed by atoms with Gasteiger partial charge in [-0.2, -0.15) is 0 Å². The van der Waals surface area contributed by atoms with E-state index in [0.717, 1.165) is 5.56 Å². The topological polar surface area (TPSA) is 55.4 Å². The third-order valence-corrected chi connectivity index (χ3v) is 36.8. The van der Waals surface area contributed by atoms with E-state index in [9.17, 15) is 0 Å². The normalized spacial score (nSPS) is 22.9. The Balaban J connectivity index is 2.78. The van der Waals surface area contributed by atoms with Crippen molar-refractivity contribution in [3.05, 3.63) is 41.6 Å². The molecular weight excluding hydrogens is 545 g/mol. The van der Waals surface area contributed by atoms with E-state index in [1.54, 1.807) is 0 Å². The maximum Gasteiger partial charge on any atom is 0.388 e. The molecule has 0 aromatic heterocycles. The smallest absolute Gasteiger partial charge is 0.388 e. The van der Waals surface area contributed by atoms with Crippen LogP contribution in [0.5, 0.6) is 0 Å². The molecule has 1 fully saturated rings. The van der Waals surface area contributed by atoms with Crippen LogP contribution in [-0.2, 0) is 24.7 Å². The Kier molecular flexibility index (Phi) is 9.13. The van der Waals surface area contributed by atoms with Crippen LogP contribution >= 0.6 is 0 Å². The van der Waals surface area contributed by atoms with Gasteiger partial charge >= 0.3 is 41.8 Å². The Bertz CT molecular complexity index is 825. The first-order chi connectivity index (χ1) is 15.1. The average molecular weight is 591 g/mol. The van der Waals surface area contributed by atoms with Gasteiger partial charge in [0.15, 0.2) is 16.6 Å². The minimum Gasteiger partial charge on any atom is -0.433 e. The molecule has 0 radical (unpaired) electrons. The lowest BCUT2D eigenvalue weighted by atomic mass is 10.2. The SMILES string of the molecule is C[Si](C)(C)O[Si](C=Cc1ccccc1)(O[Si](C)(C)C)[Si]1(C)O[Si](C)(C)O[Si](C)(C)O[Si](C)(C)O1. The summed E-state index contributed by atoms with van der Waals surface area (Å²) in [5, 5.41) is 0. The van der Waals surface area contributed by atoms with Gasteiger partial charge in [-0.1, -0.05) is 36.4 Å². The van der Waals surface area contributed by atoms with Crippen LogP contribution in [0.15, 0.2) is 36.0 Å². The quantitative estimate of drug-likeness (QED) is 0.329. The van der Waals surface area contributed by atoms with Crippen molar-refractivity contribution >= 4 is 64.6 Å². The van der Waals surface area contributed by atoms with Gasteiger partial charge in [0.2, 0.25) is 0 Å². The summed E-state index contributed by atoms with van der Waals surface area (Å²) in [5.74, 6) is 0. The molecule has 0 unspecified atom stereocenters. The van der Waals surface area contributed by atoms with Crippen LogP contribution in [0.4, 0.5) is 0 Å². The molecule has 0 aliphatic carbocycles. The molecule has 1 aliphatic heterocycles. The van der Waals surface area contributed by atoms with E-state index in [4.69, 9.17) is 24.7 Å². The molecule has 1 saturated heterocycles. The number of hydrogen-bond acceptors (Lipinski definition) is 6. The molecule has 0 bridgehead atoms. The number of hydrogen-bond donors (Lipinski definition) is 0. The van der Waals surface area contributed by atoms with E-state index >= 15 is 0 Å². The summed E-state index contributed by atoms with van der Waals surface area (Å²) >= 11 is 0. The van der Waals surface area contributed by atoms with Crippen LogP contribution < -0.4 is 0 Å². The molecule has 34 heavy (non-hydrogen) atoms. The molecule has 0 spiro atoms. The minimum atomic E-state index is -3.19. The van der Waals surface area contributed by atoms with Gasteiger partial charge in [0.1, 0.15) is 0 Å². The summed E-state index contributed by atoms with van der Waals surface area (Å²) in [6.45, 7) is 28.0. The van der Waals surface area contributed by atoms with Gasteiger partial charge < -0.3 is 24.7 Å². The largest absolute Gasteiger partial charge is 0.433 e. The Morgan fingerprint density at radius 1 is 0.618 bits per heavy atom. The molecule has 0 N–H and O–H groups in total. The summed E-state index contributed by atoms with van der Waals surface area (Å²) < 4.78 is 41.8. The van der Waals surface area contributed by atoms with Crippen molar-refractivity contribution in [3.8, 4) is 0 Å². The van der Waals surface area contributed by atoms with Crippen LogP contribution in [0.25, 0.3) is 6.08 Å². The second-order valence-electron chi connectivity index (χ2n) is 12.4. The van der Waals surface area contributed by atoms with Gasteiger partial charge in [-0.25, -0.2) is 0 Å². The Morgan fingerprint density at radius 2 is 1.00 bits per heavy atom. The molecule has 0 amide bonds. The van der Waals surface area contributed by atoms with E-state index < -0.39 is 58.5 Å². The van der Waals surface area contributed by atoms with Crippen molar-refractivity contribution in [2.24, 2.45) is 0 Å². The lowest BCUT2D eigenvalue weighted by molar-refractivity contribution is 0.233. The van der Waals surface area contributed by atoms with E-state index in [1.165, 1.54) is 0 Å². The van der Waals surface area contributed by atoms with Gasteiger partial charge in [-0.3, -0.25) is 0 Å². The van der Waals surface area contributed by atoms with Crippen molar-refractivity contribution < 1.29 is 24.7 Å². The van der Waals surface area contributed by atoms with E-state index in [1.807, 2.05) is 18.2 Å². The Hall–Kier alpha value is 0.238. The average Bonchev–Trinajstić information content (AvgIpc) is 2.53. The second-order valence-corrected chi connectivity index (χ2v) is 42.5. The van der Waals surface area contributed by atoms with E-state index in [2.05, 4.69) is 109 Å². The maximum atomic E-state index is 7.16. The van der Waals surface area contributed by atoms with Crippen molar-refractivity contribution in [2.75, 3.05) is 0 Å². The van der Waals surface area contributed by atoms with Crippen molar-refractivity contribution in [1.29, 1.82) is 0 Å². The van der Waals surface area contributed by atoms with Crippen LogP contribution in [0.3, 0.4) is 0 Å². The molecule has 0 atom stereocenters. The van der Waals surface area contributed by atoms with Gasteiger partial charge in [0.25, 0.3) is 0 Å². The number of rotatable bonds is 7. The molecule has 194 valence electrons. The van der Waals surface area contributed by atoms with Crippen LogP contribution in [0.2, 0.25) is 85.1 Å². The molecule has 2 rings (SSSR count). The van der Waals surface area contributed by atoms with Gasteiger partial charge in [-0.15, -0.1) is 0 Å². The lowest BCUT2D eigenvalue weighted by Gasteiger charge is -2.53. The number of benzene rings is 1. The summed E-state index contributed by atoms with van der Waals surface area (Å²) in [4.78, 5) is 0. The zero-order chi connectivity index (χ0) is 26.3. The summed E-state index contributed by atoms with van der Waals surface area (Å²) in [5.41, 5.74) is 3.31. The van der Waals surface area contributed by atoms with Gasteiger partial charge in [-0.05, 0) is 96.4 Å². The van der Waals surface area contributed by atoms with Crippen LogP contribution in [0.1, 0.15) is 5.56 Å². The van der Waals surface area contributed by atoms with E-state index in [0.29, 0.717) is 0 Å². The fraction of sp³-hybridized carbons (Fsp3) is 0.619. The first-order valence-electron chi connectivity index (χ1n) is 12.0. The summed E-state index contributed by atoms with van der Waals surface area (Å²) in [6, 6.07) is 10.3. The molecule has 1 aliphatic rings. The molecular formula is C21H46O6Si7. The van der Waals surface area contributed by atoms with Crippen molar-refractivity contribution in [2.45, 2.75) is 85.1 Å². The maximum absolute atomic E-state index is 7.16. The molecule has 1 aromatic carbocycles. The zero-order valence-electron chi connectivity index (χ0n) is 23.5. The molecule has 1 heterocycles. The first-order valence-corrected chi connectivity index (χ1v) is 32.5. The predicted octanol–water partition coefficient (Wildman–Crippen LogP) is 6.72. The molecule has 0 saturated carbocycles. The van der Waals surface area contributed by atoms with Gasteiger partial charge in [0.05, 0.1) is 0 Å². The Labute approximate surface area is 215 Å². The zero-order valence-corrected chi connectivity index (χ0v) is 30.5. The van der Waals surface area contributed by atoms with Gasteiger partial charge in [0, 0.05) is 0 Å². The highest BCUT2D eigenvalue weighted by Crippen LogP contribution is 2.39. The third-order valence-electron chi connectivity index (χ3n) is 4.71. The fourth-order valence-electron chi connectivity index (χ4n) is 4.45. The van der Waals surface area contributed by atoms with Crippen LogP contribution in [-0.4, -0.2) is 58.5 Å². The highest BCUT2D eigenvalue weighted by Gasteiger charge is 2.67. The fourth-order valence-corrected chi connectivity index (χ4v) is 52.3. The Morgan fingerprint density at radius 3 is 1.38 bits per heavy atom. The van der Waals surface area contributed by atoms with Crippen molar-refractivity contribution in [1.82, 2.24) is 0 Å². The minimum absolute atomic E-state index is 1.11. The predicted molar refractivity (Wildman–Crippen MR) is 158 cm³/mol. The highest BCUT2D eigenvalue weighted by molar-refractivity contribution is 7.38. The first kappa shape index (κ1) is 30.5.